The number of hydrogen-bond donors (Lipinski definition) is 1. The normalized spacial score (nSPS) is 27.7. The van der Waals surface area contributed by atoms with Crippen LogP contribution < -0.4 is 20.0 Å². The lowest BCUT2D eigenvalue weighted by Gasteiger charge is -2.36. The second-order valence-corrected chi connectivity index (χ2v) is 10.1. The van der Waals surface area contributed by atoms with Crippen LogP contribution in [0.4, 0.5) is 11.4 Å². The summed E-state index contributed by atoms with van der Waals surface area (Å²) in [7, 11) is 1.51. The van der Waals surface area contributed by atoms with Crippen LogP contribution in [0.2, 0.25) is 0 Å². The summed E-state index contributed by atoms with van der Waals surface area (Å²) >= 11 is 0. The first kappa shape index (κ1) is 22.7. The van der Waals surface area contributed by atoms with Crippen LogP contribution >= 0.6 is 0 Å². The van der Waals surface area contributed by atoms with E-state index in [4.69, 9.17) is 4.74 Å². The number of anilines is 2. The van der Waals surface area contributed by atoms with Gasteiger partial charge in [-0.25, -0.2) is 4.90 Å². The molecule has 3 saturated heterocycles. The number of ether oxygens (including phenoxy) is 1. The number of nitrogens with one attached hydrogen (secondary N) is 1. The largest absolute Gasteiger partial charge is 0.497 e. The Hall–Kier alpha value is -4.50. The van der Waals surface area contributed by atoms with E-state index in [0.717, 1.165) is 10.5 Å². The number of carbonyl (C=O) groups is 4. The summed E-state index contributed by atoms with van der Waals surface area (Å²) in [6, 6.07) is 23.1. The van der Waals surface area contributed by atoms with Gasteiger partial charge >= 0.3 is 0 Å². The smallest absolute Gasteiger partial charge is 0.255 e. The molecular weight excluding hydrogens is 484 g/mol. The SMILES string of the molecule is COc1cccc(N2C(=O)C3C4CC(=O)NN4[C@]4(C(=O)N(Cc5ccccc5)c5ccccc54)C3C2=O)c1. The highest BCUT2D eigenvalue weighted by Crippen LogP contribution is 2.60. The Kier molecular flexibility index (Phi) is 4.77. The van der Waals surface area contributed by atoms with Crippen LogP contribution in [0.1, 0.15) is 17.5 Å². The summed E-state index contributed by atoms with van der Waals surface area (Å²) in [6.45, 7) is 0.296. The molecule has 4 atom stereocenters. The van der Waals surface area contributed by atoms with E-state index >= 15 is 0 Å². The van der Waals surface area contributed by atoms with Gasteiger partial charge in [-0.3, -0.25) is 24.6 Å². The number of amides is 4. The fourth-order valence-corrected chi connectivity index (χ4v) is 6.77. The summed E-state index contributed by atoms with van der Waals surface area (Å²) < 4.78 is 5.32. The van der Waals surface area contributed by atoms with Crippen LogP contribution in [0.15, 0.2) is 78.9 Å². The minimum Gasteiger partial charge on any atom is -0.497 e. The van der Waals surface area contributed by atoms with Crippen molar-refractivity contribution >= 4 is 35.0 Å². The van der Waals surface area contributed by atoms with E-state index in [9.17, 15) is 19.2 Å². The van der Waals surface area contributed by atoms with Crippen LogP contribution in [-0.2, 0) is 31.3 Å². The zero-order chi connectivity index (χ0) is 26.2. The number of benzene rings is 3. The van der Waals surface area contributed by atoms with Gasteiger partial charge in [-0.1, -0.05) is 54.6 Å². The van der Waals surface area contributed by atoms with Gasteiger partial charge in [-0.2, -0.15) is 5.01 Å². The number of methoxy groups -OCH3 is 1. The van der Waals surface area contributed by atoms with E-state index in [2.05, 4.69) is 5.43 Å². The monoisotopic (exact) mass is 508 g/mol. The van der Waals surface area contributed by atoms with Crippen LogP contribution in [0.25, 0.3) is 0 Å². The topological polar surface area (TPSA) is 99.3 Å². The third kappa shape index (κ3) is 2.79. The molecule has 3 fully saturated rings. The van der Waals surface area contributed by atoms with Crippen molar-refractivity contribution in [3.8, 4) is 5.75 Å². The van der Waals surface area contributed by atoms with Gasteiger partial charge in [0.25, 0.3) is 5.91 Å². The Balaban J connectivity index is 1.40. The molecule has 38 heavy (non-hydrogen) atoms. The summed E-state index contributed by atoms with van der Waals surface area (Å²) in [6.07, 6.45) is 0.0298. The highest BCUT2D eigenvalue weighted by Gasteiger charge is 2.77. The number of nitrogens with zero attached hydrogens (tertiary/aromatic N) is 3. The highest BCUT2D eigenvalue weighted by molar-refractivity contribution is 6.26. The van der Waals surface area contributed by atoms with Crippen molar-refractivity contribution in [1.29, 1.82) is 0 Å². The molecule has 9 nitrogen and oxygen atoms in total. The molecule has 7 rings (SSSR count). The summed E-state index contributed by atoms with van der Waals surface area (Å²) in [4.78, 5) is 58.3. The number of hydrazine groups is 1. The minimum absolute atomic E-state index is 0.0298. The standard InChI is InChI=1S/C29H24N4O5/c1-38-19-11-7-10-18(14-19)32-26(35)24-22-15-23(34)30-33(22)29(25(24)27(32)36)20-12-5-6-13-21(20)31(28(29)37)16-17-8-3-2-4-9-17/h2-14,22,24-25H,15-16H2,1H3,(H,30,34)/t22?,24?,25?,29-/m0/s1. The predicted octanol–water partition coefficient (Wildman–Crippen LogP) is 2.36. The molecule has 4 heterocycles. The van der Waals surface area contributed by atoms with Gasteiger partial charge < -0.3 is 9.64 Å². The average molecular weight is 509 g/mol. The molecule has 1 spiro atoms. The van der Waals surface area contributed by atoms with Crippen LogP contribution in [0.3, 0.4) is 0 Å². The Morgan fingerprint density at radius 1 is 0.921 bits per heavy atom. The van der Waals surface area contributed by atoms with Crippen molar-refractivity contribution in [2.24, 2.45) is 11.8 Å². The van der Waals surface area contributed by atoms with Crippen LogP contribution in [0, 0.1) is 11.8 Å². The Bertz CT molecular complexity index is 1520. The first-order chi connectivity index (χ1) is 18.5. The van der Waals surface area contributed by atoms with E-state index in [0.29, 0.717) is 29.2 Å². The van der Waals surface area contributed by atoms with Gasteiger partial charge in [0, 0.05) is 23.7 Å². The van der Waals surface area contributed by atoms with Gasteiger partial charge in [0.2, 0.25) is 17.7 Å². The molecule has 0 aromatic heterocycles. The third-order valence-corrected chi connectivity index (χ3v) is 8.24. The molecule has 4 aliphatic rings. The van der Waals surface area contributed by atoms with E-state index < -0.39 is 35.2 Å². The van der Waals surface area contributed by atoms with Gasteiger partial charge in [-0.05, 0) is 23.8 Å². The van der Waals surface area contributed by atoms with E-state index in [1.807, 2.05) is 54.6 Å². The van der Waals surface area contributed by atoms with Gasteiger partial charge in [0.05, 0.1) is 37.2 Å². The predicted molar refractivity (Wildman–Crippen MR) is 137 cm³/mol. The van der Waals surface area contributed by atoms with Crippen LogP contribution in [0.5, 0.6) is 5.75 Å². The van der Waals surface area contributed by atoms with Gasteiger partial charge in [0.15, 0.2) is 5.54 Å². The number of carbonyl (C=O) groups excluding carboxylic acids is 4. The molecule has 4 amide bonds. The summed E-state index contributed by atoms with van der Waals surface area (Å²) in [5.74, 6) is -2.83. The molecule has 1 N–H and O–H groups in total. The molecule has 3 aromatic carbocycles. The molecule has 0 radical (unpaired) electrons. The maximum Gasteiger partial charge on any atom is 0.255 e. The number of hydrogen-bond acceptors (Lipinski definition) is 6. The lowest BCUT2D eigenvalue weighted by atomic mass is 9.76. The zero-order valence-electron chi connectivity index (χ0n) is 20.5. The van der Waals surface area contributed by atoms with Crippen molar-refractivity contribution < 1.29 is 23.9 Å². The molecule has 9 heteroatoms. The maximum absolute atomic E-state index is 14.6. The molecule has 3 unspecified atom stereocenters. The first-order valence-corrected chi connectivity index (χ1v) is 12.5. The molecule has 0 bridgehead atoms. The number of imide groups is 1. The van der Waals surface area contributed by atoms with E-state index in [1.165, 1.54) is 7.11 Å². The Morgan fingerprint density at radius 3 is 2.47 bits per heavy atom. The Labute approximate surface area is 218 Å². The molecule has 0 aliphatic carbocycles. The van der Waals surface area contributed by atoms with Gasteiger partial charge in [0.1, 0.15) is 5.75 Å². The number of fused-ring (bicyclic) bond motifs is 7. The summed E-state index contributed by atoms with van der Waals surface area (Å²) in [5.41, 5.74) is 3.91. The second kappa shape index (κ2) is 8.00. The maximum atomic E-state index is 14.6. The second-order valence-electron chi connectivity index (χ2n) is 10.1. The average Bonchev–Trinajstić information content (AvgIpc) is 3.60. The van der Waals surface area contributed by atoms with E-state index in [1.54, 1.807) is 34.2 Å². The lowest BCUT2D eigenvalue weighted by molar-refractivity contribution is -0.140. The fraction of sp³-hybridized carbons (Fsp3) is 0.241. The molecule has 0 saturated carbocycles. The lowest BCUT2D eigenvalue weighted by Crippen LogP contribution is -2.59. The molecule has 3 aromatic rings. The van der Waals surface area contributed by atoms with Crippen LogP contribution in [-0.4, -0.2) is 41.8 Å². The first-order valence-electron chi connectivity index (χ1n) is 12.5. The number of rotatable bonds is 4. The van der Waals surface area contributed by atoms with Crippen molar-refractivity contribution in [1.82, 2.24) is 10.4 Å². The molecule has 190 valence electrons. The van der Waals surface area contributed by atoms with Gasteiger partial charge in [-0.15, -0.1) is 0 Å². The molecular formula is C29H24N4O5. The molecule has 4 aliphatic heterocycles. The van der Waals surface area contributed by atoms with Crippen molar-refractivity contribution in [3.63, 3.8) is 0 Å². The quantitative estimate of drug-likeness (QED) is 0.544. The van der Waals surface area contributed by atoms with E-state index in [-0.39, 0.29) is 18.2 Å². The zero-order valence-corrected chi connectivity index (χ0v) is 20.5. The third-order valence-electron chi connectivity index (χ3n) is 8.24. The fourth-order valence-electron chi connectivity index (χ4n) is 6.77. The van der Waals surface area contributed by atoms with Crippen molar-refractivity contribution in [2.75, 3.05) is 16.9 Å². The number of para-hydroxylation sites is 1. The highest BCUT2D eigenvalue weighted by atomic mass is 16.5. The minimum atomic E-state index is -1.53. The van der Waals surface area contributed by atoms with Crippen molar-refractivity contribution in [2.45, 2.75) is 24.5 Å². The Morgan fingerprint density at radius 2 is 1.68 bits per heavy atom. The van der Waals surface area contributed by atoms with Crippen molar-refractivity contribution in [3.05, 3.63) is 90.0 Å². The summed E-state index contributed by atoms with van der Waals surface area (Å²) in [5, 5.41) is 1.61.